The van der Waals surface area contributed by atoms with Crippen LogP contribution in [0.3, 0.4) is 0 Å². The maximum Gasteiger partial charge on any atom is 0.450 e. The Morgan fingerprint density at radius 3 is 2.22 bits per heavy atom. The van der Waals surface area contributed by atoms with E-state index in [0.29, 0.717) is 5.56 Å². The van der Waals surface area contributed by atoms with Crippen molar-refractivity contribution in [2.75, 3.05) is 0 Å². The summed E-state index contributed by atoms with van der Waals surface area (Å²) in [7, 11) is 0. The van der Waals surface area contributed by atoms with Gasteiger partial charge in [0.15, 0.2) is 0 Å². The molecule has 0 unspecified atom stereocenters. The topological polar surface area (TPSA) is 29.4 Å². The van der Waals surface area contributed by atoms with E-state index < -0.39 is 18.4 Å². The summed E-state index contributed by atoms with van der Waals surface area (Å²) in [6, 6.07) is 8.27. The molecule has 0 aliphatic carbocycles. The number of halogens is 3. The van der Waals surface area contributed by atoms with E-state index in [1.165, 1.54) is 0 Å². The van der Waals surface area contributed by atoms with Gasteiger partial charge in [-0.3, -0.25) is 9.79 Å². The molecule has 18 heavy (non-hydrogen) atoms. The number of rotatable bonds is 4. The van der Waals surface area contributed by atoms with Gasteiger partial charge in [-0.2, -0.15) is 13.2 Å². The molecule has 1 aromatic carbocycles. The van der Waals surface area contributed by atoms with Gasteiger partial charge in [0.05, 0.1) is 12.1 Å². The van der Waals surface area contributed by atoms with E-state index >= 15 is 0 Å². The van der Waals surface area contributed by atoms with Crippen LogP contribution >= 0.6 is 0 Å². The third-order valence-corrected chi connectivity index (χ3v) is 2.17. The van der Waals surface area contributed by atoms with Gasteiger partial charge in [0.25, 0.3) is 0 Å². The zero-order valence-electron chi connectivity index (χ0n) is 10.2. The summed E-state index contributed by atoms with van der Waals surface area (Å²) in [4.78, 5) is 15.1. The third-order valence-electron chi connectivity index (χ3n) is 2.17. The second kappa shape index (κ2) is 5.80. The van der Waals surface area contributed by atoms with Crippen molar-refractivity contribution in [2.45, 2.75) is 32.5 Å². The molecule has 0 radical (unpaired) electrons. The summed E-state index contributed by atoms with van der Waals surface area (Å²) in [5.41, 5.74) is 0.719. The molecule has 1 rings (SSSR count). The van der Waals surface area contributed by atoms with Crippen LogP contribution in [-0.2, 0) is 4.79 Å². The number of nitrogens with zero attached hydrogens (tertiary/aromatic N) is 1. The number of carbonyl (C=O) groups excluding carboxylic acids is 1. The lowest BCUT2D eigenvalue weighted by Crippen LogP contribution is -2.26. The molecule has 0 fully saturated rings. The first-order valence-electron chi connectivity index (χ1n) is 5.53. The number of Topliss-reactive ketones (excluding diaryl/α,β-unsaturated/α-hetero) is 1. The number of ketones is 1. The first-order chi connectivity index (χ1) is 8.30. The predicted octanol–water partition coefficient (Wildman–Crippen LogP) is 3.41. The molecule has 1 aromatic rings. The normalized spacial score (nSPS) is 12.9. The fraction of sp³-hybridized carbons (Fsp3) is 0.385. The quantitative estimate of drug-likeness (QED) is 0.760. The summed E-state index contributed by atoms with van der Waals surface area (Å²) >= 11 is 0. The van der Waals surface area contributed by atoms with Crippen molar-refractivity contribution in [2.24, 2.45) is 4.99 Å². The van der Waals surface area contributed by atoms with Crippen LogP contribution in [0.25, 0.3) is 0 Å². The molecule has 0 aliphatic heterocycles. The minimum absolute atomic E-state index is 0.166. The Morgan fingerprint density at radius 1 is 1.22 bits per heavy atom. The zero-order valence-corrected chi connectivity index (χ0v) is 10.2. The SMILES string of the molecule is CC(C)N=C(CC(=O)C(F)(F)F)c1ccccc1. The van der Waals surface area contributed by atoms with Crippen LogP contribution in [0, 0.1) is 0 Å². The summed E-state index contributed by atoms with van der Waals surface area (Å²) in [5, 5.41) is 0. The van der Waals surface area contributed by atoms with E-state index in [1.807, 2.05) is 0 Å². The third kappa shape index (κ3) is 4.31. The number of hydrogen-bond donors (Lipinski definition) is 0. The second-order valence-electron chi connectivity index (χ2n) is 4.13. The minimum atomic E-state index is -4.81. The van der Waals surface area contributed by atoms with Crippen molar-refractivity contribution < 1.29 is 18.0 Å². The summed E-state index contributed by atoms with van der Waals surface area (Å²) in [5.74, 6) is -1.77. The van der Waals surface area contributed by atoms with Gasteiger partial charge < -0.3 is 0 Å². The first kappa shape index (κ1) is 14.4. The number of benzene rings is 1. The fourth-order valence-electron chi connectivity index (χ4n) is 1.42. The van der Waals surface area contributed by atoms with Gasteiger partial charge in [-0.05, 0) is 19.4 Å². The average molecular weight is 257 g/mol. The number of alkyl halides is 3. The first-order valence-corrected chi connectivity index (χ1v) is 5.53. The van der Waals surface area contributed by atoms with Gasteiger partial charge in [-0.15, -0.1) is 0 Å². The lowest BCUT2D eigenvalue weighted by molar-refractivity contribution is -0.169. The predicted molar refractivity (Wildman–Crippen MR) is 63.8 cm³/mol. The number of hydrogen-bond acceptors (Lipinski definition) is 2. The Hall–Kier alpha value is -1.65. The van der Waals surface area contributed by atoms with E-state index in [0.717, 1.165) is 0 Å². The number of carbonyl (C=O) groups is 1. The molecule has 0 N–H and O–H groups in total. The monoisotopic (exact) mass is 257 g/mol. The minimum Gasteiger partial charge on any atom is -0.289 e. The highest BCUT2D eigenvalue weighted by Gasteiger charge is 2.38. The molecular formula is C13H14F3NO. The molecule has 0 aliphatic rings. The molecule has 0 aromatic heterocycles. The molecule has 2 nitrogen and oxygen atoms in total. The van der Waals surface area contributed by atoms with Gasteiger partial charge in [-0.1, -0.05) is 30.3 Å². The largest absolute Gasteiger partial charge is 0.450 e. The smallest absolute Gasteiger partial charge is 0.289 e. The number of aliphatic imine (C=N–C) groups is 1. The molecule has 0 heterocycles. The van der Waals surface area contributed by atoms with Crippen molar-refractivity contribution in [3.8, 4) is 0 Å². The Labute approximate surface area is 104 Å². The molecule has 0 spiro atoms. The fourth-order valence-corrected chi connectivity index (χ4v) is 1.42. The van der Waals surface area contributed by atoms with Crippen molar-refractivity contribution in [3.05, 3.63) is 35.9 Å². The highest BCUT2D eigenvalue weighted by atomic mass is 19.4. The Balaban J connectivity index is 2.99. The van der Waals surface area contributed by atoms with Gasteiger partial charge >= 0.3 is 6.18 Å². The van der Waals surface area contributed by atoms with Crippen LogP contribution in [0.4, 0.5) is 13.2 Å². The van der Waals surface area contributed by atoms with Crippen molar-refractivity contribution >= 4 is 11.5 Å². The van der Waals surface area contributed by atoms with Crippen molar-refractivity contribution in [1.82, 2.24) is 0 Å². The van der Waals surface area contributed by atoms with Gasteiger partial charge in [0, 0.05) is 6.04 Å². The second-order valence-corrected chi connectivity index (χ2v) is 4.13. The standard InChI is InChI=1S/C13H14F3NO/c1-9(2)17-11(8-12(18)13(14,15)16)10-6-4-3-5-7-10/h3-7,9H,8H2,1-2H3. The van der Waals surface area contributed by atoms with E-state index in [-0.39, 0.29) is 11.8 Å². The maximum absolute atomic E-state index is 12.3. The van der Waals surface area contributed by atoms with E-state index in [1.54, 1.807) is 44.2 Å². The van der Waals surface area contributed by atoms with Crippen LogP contribution in [0.1, 0.15) is 25.8 Å². The van der Waals surface area contributed by atoms with Crippen LogP contribution in [-0.4, -0.2) is 23.7 Å². The van der Waals surface area contributed by atoms with Crippen LogP contribution < -0.4 is 0 Å². The molecule has 0 saturated heterocycles. The highest BCUT2D eigenvalue weighted by Crippen LogP contribution is 2.20. The van der Waals surface area contributed by atoms with E-state index in [2.05, 4.69) is 4.99 Å². The average Bonchev–Trinajstić information content (AvgIpc) is 2.27. The molecule has 0 amide bonds. The Kier molecular flexibility index (Phi) is 4.64. The van der Waals surface area contributed by atoms with Crippen molar-refractivity contribution in [1.29, 1.82) is 0 Å². The van der Waals surface area contributed by atoms with Crippen molar-refractivity contribution in [3.63, 3.8) is 0 Å². The van der Waals surface area contributed by atoms with Crippen LogP contribution in [0.15, 0.2) is 35.3 Å². The highest BCUT2D eigenvalue weighted by molar-refractivity contribution is 6.12. The summed E-state index contributed by atoms with van der Waals surface area (Å²) < 4.78 is 36.8. The molecule has 0 atom stereocenters. The molecule has 5 heteroatoms. The Bertz CT molecular complexity index is 435. The van der Waals surface area contributed by atoms with Crippen LogP contribution in [0.2, 0.25) is 0 Å². The van der Waals surface area contributed by atoms with Gasteiger partial charge in [0.1, 0.15) is 0 Å². The maximum atomic E-state index is 12.3. The lowest BCUT2D eigenvalue weighted by atomic mass is 10.0. The van der Waals surface area contributed by atoms with Gasteiger partial charge in [-0.25, -0.2) is 0 Å². The molecular weight excluding hydrogens is 243 g/mol. The van der Waals surface area contributed by atoms with Gasteiger partial charge in [0.2, 0.25) is 5.78 Å². The van der Waals surface area contributed by atoms with E-state index in [4.69, 9.17) is 0 Å². The zero-order chi connectivity index (χ0) is 13.8. The van der Waals surface area contributed by atoms with Crippen LogP contribution in [0.5, 0.6) is 0 Å². The lowest BCUT2D eigenvalue weighted by Gasteiger charge is -2.10. The molecule has 98 valence electrons. The van der Waals surface area contributed by atoms with E-state index in [9.17, 15) is 18.0 Å². The Morgan fingerprint density at radius 2 is 1.78 bits per heavy atom. The molecule has 0 saturated carbocycles. The molecule has 0 bridgehead atoms. The summed E-state index contributed by atoms with van der Waals surface area (Å²) in [6.45, 7) is 3.50. The summed E-state index contributed by atoms with van der Waals surface area (Å²) in [6.07, 6.45) is -5.53.